The minimum absolute atomic E-state index is 0.942. The summed E-state index contributed by atoms with van der Waals surface area (Å²) in [6, 6.07) is 17.6. The monoisotopic (exact) mass is 264 g/mol. The maximum Gasteiger partial charge on any atom is 0.105 e. The third-order valence-corrected chi connectivity index (χ3v) is 3.94. The van der Waals surface area contributed by atoms with Gasteiger partial charge in [-0.05, 0) is 34.0 Å². The Morgan fingerprint density at radius 1 is 0.700 bits per heavy atom. The number of benzene rings is 3. The molecule has 0 aromatic heterocycles. The summed E-state index contributed by atoms with van der Waals surface area (Å²) in [4.78, 5) is 0. The molecule has 3 aromatic rings. The van der Waals surface area contributed by atoms with Crippen LogP contribution in [0.2, 0.25) is 0 Å². The molecule has 0 atom stereocenters. The molecule has 0 unspecified atom stereocenters. The van der Waals surface area contributed by atoms with E-state index in [4.69, 9.17) is 0 Å². The Bertz CT molecular complexity index is 722. The van der Waals surface area contributed by atoms with Gasteiger partial charge in [0, 0.05) is 5.56 Å². The van der Waals surface area contributed by atoms with Gasteiger partial charge < -0.3 is 4.48 Å². The van der Waals surface area contributed by atoms with E-state index >= 15 is 0 Å². The number of rotatable bonds is 2. The Kier molecular flexibility index (Phi) is 3.02. The van der Waals surface area contributed by atoms with E-state index in [1.807, 2.05) is 0 Å². The lowest BCUT2D eigenvalue weighted by Crippen LogP contribution is -2.33. The number of nitrogens with zero attached hydrogens (tertiary/aromatic N) is 1. The Hall–Kier alpha value is -1.86. The Morgan fingerprint density at radius 2 is 1.10 bits per heavy atom. The molecule has 102 valence electrons. The first-order chi connectivity index (χ1) is 9.47. The zero-order valence-electron chi connectivity index (χ0n) is 12.8. The Morgan fingerprint density at radius 3 is 1.50 bits per heavy atom. The van der Waals surface area contributed by atoms with Crippen molar-refractivity contribution >= 4 is 21.5 Å². The molecule has 3 rings (SSSR count). The van der Waals surface area contributed by atoms with Gasteiger partial charge in [-0.3, -0.25) is 0 Å². The second-order valence-corrected chi connectivity index (χ2v) is 6.64. The van der Waals surface area contributed by atoms with Crippen LogP contribution in [0, 0.1) is 6.92 Å². The van der Waals surface area contributed by atoms with Crippen LogP contribution in [0.25, 0.3) is 21.5 Å². The van der Waals surface area contributed by atoms with E-state index in [0.29, 0.717) is 0 Å². The Labute approximate surface area is 121 Å². The molecule has 0 saturated carbocycles. The van der Waals surface area contributed by atoms with Gasteiger partial charge in [-0.25, -0.2) is 0 Å². The van der Waals surface area contributed by atoms with E-state index in [0.717, 1.165) is 11.0 Å². The fourth-order valence-corrected chi connectivity index (χ4v) is 3.08. The quantitative estimate of drug-likeness (QED) is 0.472. The van der Waals surface area contributed by atoms with Gasteiger partial charge in [-0.1, -0.05) is 48.5 Å². The van der Waals surface area contributed by atoms with Crippen molar-refractivity contribution < 1.29 is 4.48 Å². The van der Waals surface area contributed by atoms with Crippen molar-refractivity contribution in [3.8, 4) is 0 Å². The van der Waals surface area contributed by atoms with Crippen LogP contribution in [0.1, 0.15) is 11.1 Å². The van der Waals surface area contributed by atoms with Crippen LogP contribution < -0.4 is 0 Å². The zero-order chi connectivity index (χ0) is 14.3. The van der Waals surface area contributed by atoms with Crippen LogP contribution in [0.4, 0.5) is 0 Å². The smallest absolute Gasteiger partial charge is 0.105 e. The van der Waals surface area contributed by atoms with Gasteiger partial charge in [0.1, 0.15) is 6.54 Å². The van der Waals surface area contributed by atoms with Crippen molar-refractivity contribution in [3.63, 3.8) is 0 Å². The van der Waals surface area contributed by atoms with Crippen LogP contribution in [0.15, 0.2) is 48.5 Å². The lowest BCUT2D eigenvalue weighted by atomic mass is 9.92. The third-order valence-electron chi connectivity index (χ3n) is 3.94. The van der Waals surface area contributed by atoms with Gasteiger partial charge in [0.2, 0.25) is 0 Å². The van der Waals surface area contributed by atoms with Gasteiger partial charge in [-0.2, -0.15) is 0 Å². The van der Waals surface area contributed by atoms with Gasteiger partial charge in [-0.15, -0.1) is 0 Å². The SMILES string of the molecule is Cc1c2ccccc2c(C[N+](C)(C)C)c2ccccc12. The second-order valence-electron chi connectivity index (χ2n) is 6.64. The molecule has 0 fully saturated rings. The summed E-state index contributed by atoms with van der Waals surface area (Å²) < 4.78 is 0.942. The van der Waals surface area contributed by atoms with Crippen LogP contribution in [-0.2, 0) is 6.54 Å². The lowest BCUT2D eigenvalue weighted by molar-refractivity contribution is -0.883. The summed E-state index contributed by atoms with van der Waals surface area (Å²) in [5, 5.41) is 5.57. The van der Waals surface area contributed by atoms with Crippen molar-refractivity contribution in [1.82, 2.24) is 0 Å². The molecule has 0 aliphatic carbocycles. The first kappa shape index (κ1) is 13.1. The minimum Gasteiger partial charge on any atom is -0.327 e. The highest BCUT2D eigenvalue weighted by molar-refractivity contribution is 6.05. The molecule has 0 saturated heterocycles. The molecule has 0 aliphatic heterocycles. The van der Waals surface area contributed by atoms with Crippen LogP contribution in [-0.4, -0.2) is 25.6 Å². The molecule has 0 N–H and O–H groups in total. The third kappa shape index (κ3) is 2.19. The number of fused-ring (bicyclic) bond motifs is 2. The summed E-state index contributed by atoms with van der Waals surface area (Å²) in [7, 11) is 6.76. The standard InChI is InChI=1S/C19H22N/c1-14-15-9-5-7-11-17(15)19(13-20(2,3)4)18-12-8-6-10-16(14)18/h5-12H,13H2,1-4H3/q+1. The average Bonchev–Trinajstić information content (AvgIpc) is 2.42. The van der Waals surface area contributed by atoms with Crippen molar-refractivity contribution in [3.05, 3.63) is 59.7 Å². The van der Waals surface area contributed by atoms with E-state index in [-0.39, 0.29) is 0 Å². The van der Waals surface area contributed by atoms with E-state index in [1.165, 1.54) is 32.7 Å². The molecule has 0 heterocycles. The molecule has 0 aliphatic rings. The van der Waals surface area contributed by atoms with Gasteiger partial charge in [0.25, 0.3) is 0 Å². The average molecular weight is 264 g/mol. The lowest BCUT2D eigenvalue weighted by Gasteiger charge is -2.26. The predicted molar refractivity (Wildman–Crippen MR) is 87.9 cm³/mol. The predicted octanol–water partition coefficient (Wildman–Crippen LogP) is 4.51. The summed E-state index contributed by atoms with van der Waals surface area (Å²) in [5.41, 5.74) is 2.86. The normalized spacial score (nSPS) is 12.2. The highest BCUT2D eigenvalue weighted by atomic mass is 15.3. The van der Waals surface area contributed by atoms with Crippen molar-refractivity contribution in [2.75, 3.05) is 21.1 Å². The molecular formula is C19H22N+. The van der Waals surface area contributed by atoms with E-state index in [2.05, 4.69) is 76.6 Å². The van der Waals surface area contributed by atoms with E-state index in [1.54, 1.807) is 0 Å². The maximum absolute atomic E-state index is 2.26. The summed E-state index contributed by atoms with van der Waals surface area (Å²) in [6.45, 7) is 3.28. The van der Waals surface area contributed by atoms with Crippen molar-refractivity contribution in [2.24, 2.45) is 0 Å². The fraction of sp³-hybridized carbons (Fsp3) is 0.263. The first-order valence-electron chi connectivity index (χ1n) is 7.17. The van der Waals surface area contributed by atoms with Crippen LogP contribution in [0.5, 0.6) is 0 Å². The van der Waals surface area contributed by atoms with Crippen LogP contribution >= 0.6 is 0 Å². The molecule has 1 heteroatoms. The van der Waals surface area contributed by atoms with Gasteiger partial charge >= 0.3 is 0 Å². The number of quaternary nitrogens is 1. The fourth-order valence-electron chi connectivity index (χ4n) is 3.08. The second kappa shape index (κ2) is 4.60. The minimum atomic E-state index is 0.942. The number of hydrogen-bond acceptors (Lipinski definition) is 0. The molecule has 1 nitrogen and oxygen atoms in total. The summed E-state index contributed by atoms with van der Waals surface area (Å²) in [5.74, 6) is 0. The summed E-state index contributed by atoms with van der Waals surface area (Å²) >= 11 is 0. The maximum atomic E-state index is 2.26. The molecule has 0 amide bonds. The van der Waals surface area contributed by atoms with E-state index in [9.17, 15) is 0 Å². The van der Waals surface area contributed by atoms with Crippen molar-refractivity contribution in [1.29, 1.82) is 0 Å². The van der Waals surface area contributed by atoms with Gasteiger partial charge in [0.05, 0.1) is 21.1 Å². The summed E-state index contributed by atoms with van der Waals surface area (Å²) in [6.07, 6.45) is 0. The highest BCUT2D eigenvalue weighted by Gasteiger charge is 2.16. The van der Waals surface area contributed by atoms with Gasteiger partial charge in [0.15, 0.2) is 0 Å². The molecular weight excluding hydrogens is 242 g/mol. The molecule has 20 heavy (non-hydrogen) atoms. The topological polar surface area (TPSA) is 0 Å². The molecule has 3 aromatic carbocycles. The zero-order valence-corrected chi connectivity index (χ0v) is 12.8. The molecule has 0 bridgehead atoms. The highest BCUT2D eigenvalue weighted by Crippen LogP contribution is 2.33. The van der Waals surface area contributed by atoms with Crippen molar-refractivity contribution in [2.45, 2.75) is 13.5 Å². The molecule has 0 spiro atoms. The number of hydrogen-bond donors (Lipinski definition) is 0. The molecule has 0 radical (unpaired) electrons. The first-order valence-corrected chi connectivity index (χ1v) is 7.17. The Balaban J connectivity index is 2.46. The largest absolute Gasteiger partial charge is 0.327 e. The van der Waals surface area contributed by atoms with E-state index < -0.39 is 0 Å². The number of aryl methyl sites for hydroxylation is 1. The van der Waals surface area contributed by atoms with Crippen LogP contribution in [0.3, 0.4) is 0 Å².